The van der Waals surface area contributed by atoms with Gasteiger partial charge in [0.25, 0.3) is 0 Å². The summed E-state index contributed by atoms with van der Waals surface area (Å²) in [4.78, 5) is 4.51. The van der Waals surface area contributed by atoms with Gasteiger partial charge < -0.3 is 10.6 Å². The molecule has 8 heteroatoms. The van der Waals surface area contributed by atoms with Crippen LogP contribution in [0.3, 0.4) is 0 Å². The molecule has 0 radical (unpaired) electrons. The maximum Gasteiger partial charge on any atom is 0.240 e. The second kappa shape index (κ2) is 10.4. The molecular weight excluding hydrogens is 499 g/mol. The third-order valence-electron chi connectivity index (χ3n) is 5.10. The van der Waals surface area contributed by atoms with Gasteiger partial charge in [-0.2, -0.15) is 0 Å². The van der Waals surface area contributed by atoms with Crippen LogP contribution in [0, 0.1) is 6.92 Å². The molecule has 2 aromatic rings. The van der Waals surface area contributed by atoms with Gasteiger partial charge in [-0.15, -0.1) is 24.0 Å². The van der Waals surface area contributed by atoms with Gasteiger partial charge in [-0.05, 0) is 37.5 Å². The standard InChI is InChI=1S/C21H28N4O2S.HI/c1-17-8-10-19(11-9-17)28(26,27)25-15-14-23-20(22-2)24-16-21(12-13-21)18-6-4-3-5-7-18;/h3-11,25H,12-16H2,1-2H3,(H2,22,23,24);1H. The Balaban J connectivity index is 0.00000300. The summed E-state index contributed by atoms with van der Waals surface area (Å²) in [7, 11) is -1.78. The van der Waals surface area contributed by atoms with Gasteiger partial charge in [0.2, 0.25) is 10.0 Å². The van der Waals surface area contributed by atoms with Crippen LogP contribution in [0.4, 0.5) is 0 Å². The number of rotatable bonds is 8. The third-order valence-corrected chi connectivity index (χ3v) is 6.58. The number of aryl methyl sites for hydroxylation is 1. The van der Waals surface area contributed by atoms with Crippen molar-refractivity contribution in [3.05, 3.63) is 65.7 Å². The predicted molar refractivity (Wildman–Crippen MR) is 129 cm³/mol. The van der Waals surface area contributed by atoms with Crippen molar-refractivity contribution in [3.8, 4) is 0 Å². The largest absolute Gasteiger partial charge is 0.356 e. The smallest absolute Gasteiger partial charge is 0.240 e. The number of halogens is 1. The van der Waals surface area contributed by atoms with Gasteiger partial charge in [0.15, 0.2) is 5.96 Å². The van der Waals surface area contributed by atoms with E-state index in [-0.39, 0.29) is 40.8 Å². The highest BCUT2D eigenvalue weighted by Gasteiger charge is 2.43. The SMILES string of the molecule is CN=C(NCCNS(=O)(=O)c1ccc(C)cc1)NCC1(c2ccccc2)CC1.I. The number of nitrogens with one attached hydrogen (secondary N) is 3. The Kier molecular flexibility index (Phi) is 8.47. The molecule has 0 amide bonds. The fraction of sp³-hybridized carbons (Fsp3) is 0.381. The molecule has 0 saturated heterocycles. The number of guanidine groups is 1. The topological polar surface area (TPSA) is 82.6 Å². The first kappa shape index (κ1) is 23.6. The van der Waals surface area contributed by atoms with Crippen LogP contribution in [0.25, 0.3) is 0 Å². The molecule has 3 rings (SSSR count). The van der Waals surface area contributed by atoms with Crippen LogP contribution in [0.5, 0.6) is 0 Å². The fourth-order valence-corrected chi connectivity index (χ4v) is 4.18. The van der Waals surface area contributed by atoms with Crippen LogP contribution < -0.4 is 15.4 Å². The molecule has 1 saturated carbocycles. The number of hydrogen-bond donors (Lipinski definition) is 3. The van der Waals surface area contributed by atoms with Gasteiger partial charge in [-0.25, -0.2) is 13.1 Å². The predicted octanol–water partition coefficient (Wildman–Crippen LogP) is 2.79. The number of sulfonamides is 1. The number of hydrogen-bond acceptors (Lipinski definition) is 3. The van der Waals surface area contributed by atoms with Crippen molar-refractivity contribution < 1.29 is 8.42 Å². The summed E-state index contributed by atoms with van der Waals surface area (Å²) < 4.78 is 27.2. The minimum atomic E-state index is -3.49. The molecule has 0 unspecified atom stereocenters. The van der Waals surface area contributed by atoms with E-state index in [1.165, 1.54) is 5.56 Å². The summed E-state index contributed by atoms with van der Waals surface area (Å²) >= 11 is 0. The molecule has 29 heavy (non-hydrogen) atoms. The van der Waals surface area contributed by atoms with Gasteiger partial charge in [0.1, 0.15) is 0 Å². The molecule has 3 N–H and O–H groups in total. The molecule has 0 aromatic heterocycles. The van der Waals surface area contributed by atoms with Gasteiger partial charge in [-0.3, -0.25) is 4.99 Å². The van der Waals surface area contributed by atoms with Crippen molar-refractivity contribution in [1.29, 1.82) is 0 Å². The molecule has 0 spiro atoms. The molecule has 0 heterocycles. The Morgan fingerprint density at radius 2 is 1.66 bits per heavy atom. The van der Waals surface area contributed by atoms with Gasteiger partial charge >= 0.3 is 0 Å². The molecule has 0 atom stereocenters. The zero-order chi connectivity index (χ0) is 20.0. The third kappa shape index (κ3) is 6.42. The molecule has 2 aromatic carbocycles. The average Bonchev–Trinajstić information content (AvgIpc) is 3.50. The van der Waals surface area contributed by atoms with E-state index in [1.54, 1.807) is 31.3 Å². The minimum absolute atomic E-state index is 0. The summed E-state index contributed by atoms with van der Waals surface area (Å²) in [6, 6.07) is 17.3. The molecule has 0 bridgehead atoms. The Morgan fingerprint density at radius 3 is 2.24 bits per heavy atom. The zero-order valence-corrected chi connectivity index (χ0v) is 20.0. The highest BCUT2D eigenvalue weighted by molar-refractivity contribution is 14.0. The van der Waals surface area contributed by atoms with Crippen molar-refractivity contribution in [3.63, 3.8) is 0 Å². The molecule has 0 aliphatic heterocycles. The lowest BCUT2D eigenvalue weighted by Crippen LogP contribution is -2.44. The van der Waals surface area contributed by atoms with E-state index in [9.17, 15) is 8.42 Å². The molecule has 1 aliphatic carbocycles. The quantitative estimate of drug-likeness (QED) is 0.213. The van der Waals surface area contributed by atoms with E-state index < -0.39 is 10.0 Å². The first-order valence-electron chi connectivity index (χ1n) is 9.52. The average molecular weight is 528 g/mol. The Morgan fingerprint density at radius 1 is 1.00 bits per heavy atom. The van der Waals surface area contributed by atoms with Crippen LogP contribution in [0.1, 0.15) is 24.0 Å². The van der Waals surface area contributed by atoms with Crippen molar-refractivity contribution >= 4 is 40.0 Å². The first-order chi connectivity index (χ1) is 13.5. The van der Waals surface area contributed by atoms with E-state index >= 15 is 0 Å². The van der Waals surface area contributed by atoms with Gasteiger partial charge in [0.05, 0.1) is 4.90 Å². The monoisotopic (exact) mass is 528 g/mol. The highest BCUT2D eigenvalue weighted by atomic mass is 127. The van der Waals surface area contributed by atoms with Crippen molar-refractivity contribution in [2.24, 2.45) is 4.99 Å². The van der Waals surface area contributed by atoms with Gasteiger partial charge in [-0.1, -0.05) is 48.0 Å². The summed E-state index contributed by atoms with van der Waals surface area (Å²) in [6.45, 7) is 3.46. The van der Waals surface area contributed by atoms with Crippen molar-refractivity contribution in [1.82, 2.24) is 15.4 Å². The lowest BCUT2D eigenvalue weighted by molar-refractivity contribution is 0.580. The van der Waals surface area contributed by atoms with Crippen LogP contribution in [0.15, 0.2) is 64.5 Å². The Bertz CT molecular complexity index is 911. The van der Waals surface area contributed by atoms with Gasteiger partial charge in [0, 0.05) is 32.1 Å². The van der Waals surface area contributed by atoms with E-state index in [4.69, 9.17) is 0 Å². The first-order valence-corrected chi connectivity index (χ1v) is 11.0. The Labute approximate surface area is 190 Å². The number of nitrogens with zero attached hydrogens (tertiary/aromatic N) is 1. The fourth-order valence-electron chi connectivity index (χ4n) is 3.15. The molecule has 6 nitrogen and oxygen atoms in total. The molecule has 1 aliphatic rings. The van der Waals surface area contributed by atoms with E-state index in [0.29, 0.717) is 12.5 Å². The van der Waals surface area contributed by atoms with Crippen LogP contribution in [-0.2, 0) is 15.4 Å². The highest BCUT2D eigenvalue weighted by Crippen LogP contribution is 2.47. The summed E-state index contributed by atoms with van der Waals surface area (Å²) in [5.41, 5.74) is 2.56. The van der Waals surface area contributed by atoms with E-state index in [0.717, 1.165) is 24.9 Å². The lowest BCUT2D eigenvalue weighted by atomic mass is 9.96. The lowest BCUT2D eigenvalue weighted by Gasteiger charge is -2.19. The summed E-state index contributed by atoms with van der Waals surface area (Å²) in [5, 5.41) is 6.53. The molecular formula is C21H29IN4O2S. The zero-order valence-electron chi connectivity index (χ0n) is 16.8. The summed E-state index contributed by atoms with van der Waals surface area (Å²) in [6.07, 6.45) is 2.33. The normalized spacial score (nSPS) is 15.3. The molecule has 158 valence electrons. The van der Waals surface area contributed by atoms with E-state index in [1.807, 2.05) is 13.0 Å². The second-order valence-corrected chi connectivity index (χ2v) is 8.98. The Hall–Kier alpha value is -1.65. The van der Waals surface area contributed by atoms with Crippen molar-refractivity contribution in [2.45, 2.75) is 30.1 Å². The summed E-state index contributed by atoms with van der Waals surface area (Å²) in [5.74, 6) is 0.678. The maximum atomic E-state index is 12.3. The van der Waals surface area contributed by atoms with Crippen LogP contribution >= 0.6 is 24.0 Å². The number of aliphatic imine (C=N–C) groups is 1. The molecule has 1 fully saturated rings. The van der Waals surface area contributed by atoms with Crippen LogP contribution in [-0.4, -0.2) is 41.1 Å². The van der Waals surface area contributed by atoms with Crippen molar-refractivity contribution in [2.75, 3.05) is 26.7 Å². The van der Waals surface area contributed by atoms with E-state index in [2.05, 4.69) is 44.6 Å². The maximum absolute atomic E-state index is 12.3. The minimum Gasteiger partial charge on any atom is -0.356 e. The van der Waals surface area contributed by atoms with Crippen LogP contribution in [0.2, 0.25) is 0 Å². The number of benzene rings is 2. The second-order valence-electron chi connectivity index (χ2n) is 7.21.